The molecule has 1 aromatic rings. The molecule has 8 heteroatoms. The molecule has 4 N–H and O–H groups in total. The van der Waals surface area contributed by atoms with Crippen LogP contribution in [-0.2, 0) is 14.8 Å². The lowest BCUT2D eigenvalue weighted by atomic mass is 9.81. The molecule has 2 rings (SSSR count). The molecule has 0 spiro atoms. The second-order valence-corrected chi connectivity index (χ2v) is 7.08. The van der Waals surface area contributed by atoms with Gasteiger partial charge >= 0.3 is 0 Å². The van der Waals surface area contributed by atoms with Crippen LogP contribution in [0.1, 0.15) is 23.2 Å². The molecule has 1 heterocycles. The average molecular weight is 328 g/mol. The highest BCUT2D eigenvalue weighted by Gasteiger charge is 2.32. The molecule has 0 unspecified atom stereocenters. The van der Waals surface area contributed by atoms with Gasteiger partial charge in [0.15, 0.2) is 0 Å². The van der Waals surface area contributed by atoms with E-state index in [2.05, 4.69) is 5.32 Å². The first-order valence-electron chi connectivity index (χ1n) is 6.96. The molecule has 122 valence electrons. The lowest BCUT2D eigenvalue weighted by Gasteiger charge is -2.35. The third kappa shape index (κ3) is 4.04. The van der Waals surface area contributed by atoms with Gasteiger partial charge in [0.05, 0.1) is 11.5 Å². The van der Waals surface area contributed by atoms with Crippen molar-refractivity contribution >= 4 is 15.9 Å². The molecular formula is C14H20N2O5S. The Morgan fingerprint density at radius 1 is 1.27 bits per heavy atom. The number of aliphatic hydroxyl groups excluding tert-OH is 1. The van der Waals surface area contributed by atoms with Gasteiger partial charge in [0.25, 0.3) is 5.91 Å². The smallest absolute Gasteiger partial charge is 0.251 e. The molecule has 1 fully saturated rings. The number of aliphatic hydroxyl groups is 1. The molecule has 1 aliphatic heterocycles. The van der Waals surface area contributed by atoms with Crippen molar-refractivity contribution in [2.45, 2.75) is 17.7 Å². The average Bonchev–Trinajstić information content (AvgIpc) is 2.53. The highest BCUT2D eigenvalue weighted by molar-refractivity contribution is 7.89. The van der Waals surface area contributed by atoms with E-state index in [4.69, 9.17) is 9.88 Å². The number of amides is 1. The Hall–Kier alpha value is -1.48. The van der Waals surface area contributed by atoms with Gasteiger partial charge in [-0.2, -0.15) is 0 Å². The van der Waals surface area contributed by atoms with Gasteiger partial charge in [0.2, 0.25) is 10.0 Å². The van der Waals surface area contributed by atoms with Crippen LogP contribution < -0.4 is 10.5 Å². The van der Waals surface area contributed by atoms with Crippen LogP contribution in [0.25, 0.3) is 0 Å². The molecule has 1 saturated heterocycles. The Morgan fingerprint density at radius 2 is 1.86 bits per heavy atom. The molecule has 1 aliphatic rings. The van der Waals surface area contributed by atoms with Gasteiger partial charge in [-0.1, -0.05) is 0 Å². The molecule has 1 amide bonds. The van der Waals surface area contributed by atoms with Gasteiger partial charge in [0, 0.05) is 30.7 Å². The van der Waals surface area contributed by atoms with E-state index in [-0.39, 0.29) is 22.8 Å². The van der Waals surface area contributed by atoms with Crippen LogP contribution in [-0.4, -0.2) is 45.8 Å². The van der Waals surface area contributed by atoms with Crippen molar-refractivity contribution in [1.29, 1.82) is 0 Å². The zero-order valence-corrected chi connectivity index (χ0v) is 12.9. The zero-order chi connectivity index (χ0) is 16.2. The second-order valence-electron chi connectivity index (χ2n) is 5.52. The molecule has 22 heavy (non-hydrogen) atoms. The van der Waals surface area contributed by atoms with Crippen LogP contribution in [0.3, 0.4) is 0 Å². The van der Waals surface area contributed by atoms with Crippen molar-refractivity contribution in [1.82, 2.24) is 5.32 Å². The van der Waals surface area contributed by atoms with Gasteiger partial charge < -0.3 is 15.2 Å². The van der Waals surface area contributed by atoms with Crippen LogP contribution in [0, 0.1) is 5.41 Å². The Morgan fingerprint density at radius 3 is 2.36 bits per heavy atom. The topological polar surface area (TPSA) is 119 Å². The minimum atomic E-state index is -3.77. The van der Waals surface area contributed by atoms with Crippen molar-refractivity contribution in [3.05, 3.63) is 29.8 Å². The summed E-state index contributed by atoms with van der Waals surface area (Å²) in [5, 5.41) is 17.4. The van der Waals surface area contributed by atoms with Crippen LogP contribution in [0.4, 0.5) is 0 Å². The van der Waals surface area contributed by atoms with Crippen LogP contribution in [0.15, 0.2) is 29.2 Å². The number of carbonyl (C=O) groups is 1. The third-order valence-electron chi connectivity index (χ3n) is 3.96. The maximum absolute atomic E-state index is 12.1. The van der Waals surface area contributed by atoms with Gasteiger partial charge in [-0.25, -0.2) is 13.6 Å². The third-order valence-corrected chi connectivity index (χ3v) is 4.89. The molecule has 0 saturated carbocycles. The minimum absolute atomic E-state index is 0.0129. The number of rotatable bonds is 5. The predicted molar refractivity (Wildman–Crippen MR) is 79.7 cm³/mol. The predicted octanol–water partition coefficient (Wildman–Crippen LogP) is -0.147. The monoisotopic (exact) mass is 328 g/mol. The number of ether oxygens (including phenoxy) is 1. The summed E-state index contributed by atoms with van der Waals surface area (Å²) in [6, 6.07) is 5.40. The fraction of sp³-hybridized carbons (Fsp3) is 0.500. The largest absolute Gasteiger partial charge is 0.396 e. The van der Waals surface area contributed by atoms with E-state index in [1.807, 2.05) is 0 Å². The van der Waals surface area contributed by atoms with Crippen molar-refractivity contribution in [2.24, 2.45) is 10.6 Å². The Balaban J connectivity index is 2.00. The van der Waals surface area contributed by atoms with E-state index in [1.54, 1.807) is 0 Å². The lowest BCUT2D eigenvalue weighted by molar-refractivity contribution is -0.0146. The van der Waals surface area contributed by atoms with Crippen LogP contribution in [0.5, 0.6) is 0 Å². The van der Waals surface area contributed by atoms with E-state index in [9.17, 15) is 18.3 Å². The van der Waals surface area contributed by atoms with Gasteiger partial charge in [-0.15, -0.1) is 0 Å². The fourth-order valence-electron chi connectivity index (χ4n) is 2.36. The van der Waals surface area contributed by atoms with Crippen LogP contribution in [0.2, 0.25) is 0 Å². The molecular weight excluding hydrogens is 308 g/mol. The first kappa shape index (κ1) is 16.9. The molecule has 0 bridgehead atoms. The molecule has 0 radical (unpaired) electrons. The minimum Gasteiger partial charge on any atom is -0.396 e. The number of hydrogen-bond acceptors (Lipinski definition) is 5. The summed E-state index contributed by atoms with van der Waals surface area (Å²) in [5.41, 5.74) is -0.0124. The fourth-order valence-corrected chi connectivity index (χ4v) is 2.88. The lowest BCUT2D eigenvalue weighted by Crippen LogP contribution is -2.43. The highest BCUT2D eigenvalue weighted by Crippen LogP contribution is 2.29. The standard InChI is InChI=1S/C14H20N2O5S/c15-22(19,20)12-3-1-11(2-4-12)13(18)16-9-14(10-17)5-7-21-8-6-14/h1-4,17H,5-10H2,(H,16,18)(H2,15,19,20). The van der Waals surface area contributed by atoms with E-state index < -0.39 is 10.0 Å². The Bertz CT molecular complexity index is 621. The van der Waals surface area contributed by atoms with Gasteiger partial charge in [-0.05, 0) is 37.1 Å². The van der Waals surface area contributed by atoms with E-state index in [0.717, 1.165) is 0 Å². The van der Waals surface area contributed by atoms with Gasteiger partial charge in [0.1, 0.15) is 0 Å². The van der Waals surface area contributed by atoms with Gasteiger partial charge in [-0.3, -0.25) is 4.79 Å². The quantitative estimate of drug-likeness (QED) is 0.695. The first-order chi connectivity index (χ1) is 10.4. The summed E-state index contributed by atoms with van der Waals surface area (Å²) in [4.78, 5) is 12.1. The molecule has 1 aromatic carbocycles. The number of primary sulfonamides is 1. The number of nitrogens with two attached hydrogens (primary N) is 1. The SMILES string of the molecule is NS(=O)(=O)c1ccc(C(=O)NCC2(CO)CCOCC2)cc1. The summed E-state index contributed by atoms with van der Waals surface area (Å²) in [7, 11) is -3.77. The zero-order valence-electron chi connectivity index (χ0n) is 12.1. The number of sulfonamides is 1. The first-order valence-corrected chi connectivity index (χ1v) is 8.51. The van der Waals surface area contributed by atoms with E-state index in [0.29, 0.717) is 38.2 Å². The Kier molecular flexibility index (Phi) is 5.17. The summed E-state index contributed by atoms with van der Waals surface area (Å²) < 4.78 is 27.6. The van der Waals surface area contributed by atoms with E-state index in [1.165, 1.54) is 24.3 Å². The van der Waals surface area contributed by atoms with Crippen molar-refractivity contribution in [3.63, 3.8) is 0 Å². The number of benzene rings is 1. The van der Waals surface area contributed by atoms with Crippen molar-refractivity contribution < 1.29 is 23.1 Å². The second kappa shape index (κ2) is 6.74. The Labute approximate surface area is 129 Å². The molecule has 0 aromatic heterocycles. The maximum Gasteiger partial charge on any atom is 0.251 e. The van der Waals surface area contributed by atoms with Crippen LogP contribution >= 0.6 is 0 Å². The number of hydrogen-bond donors (Lipinski definition) is 3. The normalized spacial score (nSPS) is 17.9. The summed E-state index contributed by atoms with van der Waals surface area (Å²) in [5.74, 6) is -0.319. The summed E-state index contributed by atoms with van der Waals surface area (Å²) in [6.45, 7) is 1.47. The van der Waals surface area contributed by atoms with Crippen molar-refractivity contribution in [3.8, 4) is 0 Å². The van der Waals surface area contributed by atoms with E-state index >= 15 is 0 Å². The molecule has 0 aliphatic carbocycles. The summed E-state index contributed by atoms with van der Waals surface area (Å²) >= 11 is 0. The summed E-state index contributed by atoms with van der Waals surface area (Å²) in [6.07, 6.45) is 1.38. The number of carbonyl (C=O) groups excluding carboxylic acids is 1. The maximum atomic E-state index is 12.1. The highest BCUT2D eigenvalue weighted by atomic mass is 32.2. The van der Waals surface area contributed by atoms with Crippen molar-refractivity contribution in [2.75, 3.05) is 26.4 Å². The molecule has 0 atom stereocenters. The molecule has 7 nitrogen and oxygen atoms in total. The number of nitrogens with one attached hydrogen (secondary N) is 1.